The summed E-state index contributed by atoms with van der Waals surface area (Å²) in [5.74, 6) is 0.836. The zero-order valence-corrected chi connectivity index (χ0v) is 14.4. The van der Waals surface area contributed by atoms with Crippen LogP contribution in [0.25, 0.3) is 0 Å². The van der Waals surface area contributed by atoms with Crippen LogP contribution in [0.5, 0.6) is 0 Å². The highest BCUT2D eigenvalue weighted by Crippen LogP contribution is 2.29. The lowest BCUT2D eigenvalue weighted by atomic mass is 9.84. The summed E-state index contributed by atoms with van der Waals surface area (Å²) in [6.45, 7) is 4.57. The van der Waals surface area contributed by atoms with Gasteiger partial charge in [-0.2, -0.15) is 0 Å². The smallest absolute Gasteiger partial charge is 0.0345 e. The summed E-state index contributed by atoms with van der Waals surface area (Å²) in [5, 5.41) is 3.80. The second kappa shape index (κ2) is 6.03. The van der Waals surface area contributed by atoms with E-state index in [0.717, 1.165) is 12.3 Å². The second-order valence-electron chi connectivity index (χ2n) is 7.69. The molecule has 4 rings (SSSR count). The average Bonchev–Trinajstić information content (AvgIpc) is 2.54. The van der Waals surface area contributed by atoms with E-state index in [2.05, 4.69) is 55.6 Å². The molecule has 2 aliphatic carbocycles. The molecule has 2 aromatic rings. The Balaban J connectivity index is 1.49. The Morgan fingerprint density at radius 1 is 0.826 bits per heavy atom. The number of nitrogens with one attached hydrogen (secondary N) is 1. The van der Waals surface area contributed by atoms with Gasteiger partial charge < -0.3 is 5.32 Å². The maximum Gasteiger partial charge on any atom is 0.0345 e. The fourth-order valence-electron chi connectivity index (χ4n) is 4.27. The Hall–Kier alpha value is -1.76. The van der Waals surface area contributed by atoms with Gasteiger partial charge in [0.05, 0.1) is 0 Å². The molecule has 2 aliphatic rings. The Morgan fingerprint density at radius 3 is 2.57 bits per heavy atom. The van der Waals surface area contributed by atoms with Gasteiger partial charge in [0.1, 0.15) is 0 Å². The molecule has 0 saturated carbocycles. The lowest BCUT2D eigenvalue weighted by molar-refractivity contribution is 0.501. The van der Waals surface area contributed by atoms with Crippen molar-refractivity contribution in [3.8, 4) is 0 Å². The van der Waals surface area contributed by atoms with Gasteiger partial charge in [-0.05, 0) is 85.8 Å². The predicted octanol–water partition coefficient (Wildman–Crippen LogP) is 5.09. The largest absolute Gasteiger partial charge is 0.382 e. The first-order valence-electron chi connectivity index (χ1n) is 9.14. The van der Waals surface area contributed by atoms with E-state index >= 15 is 0 Å². The minimum atomic E-state index is 0.573. The molecular weight excluding hydrogens is 278 g/mol. The van der Waals surface area contributed by atoms with Crippen molar-refractivity contribution in [1.82, 2.24) is 0 Å². The summed E-state index contributed by atoms with van der Waals surface area (Å²) in [6, 6.07) is 14.6. The number of fused-ring (bicyclic) bond motifs is 2. The molecule has 0 saturated heterocycles. The standard InChI is InChI=1S/C22H27N/c1-15-4-6-19-13-21(10-8-18(19)11-15)23-22-9-7-17-5-3-16(2)12-20(17)14-22/h4,6-7,9,11,14,16,21,23H,3,5,8,10,12-13H2,1-2H3. The Kier molecular flexibility index (Phi) is 3.88. The zero-order chi connectivity index (χ0) is 15.8. The van der Waals surface area contributed by atoms with Gasteiger partial charge in [0, 0.05) is 11.7 Å². The molecule has 2 atom stereocenters. The van der Waals surface area contributed by atoms with Crippen molar-refractivity contribution >= 4 is 5.69 Å². The van der Waals surface area contributed by atoms with Crippen LogP contribution in [0.15, 0.2) is 36.4 Å². The van der Waals surface area contributed by atoms with E-state index in [4.69, 9.17) is 0 Å². The summed E-state index contributed by atoms with van der Waals surface area (Å²) in [4.78, 5) is 0. The number of hydrogen-bond donors (Lipinski definition) is 1. The molecule has 1 N–H and O–H groups in total. The van der Waals surface area contributed by atoms with Gasteiger partial charge in [0.25, 0.3) is 0 Å². The van der Waals surface area contributed by atoms with E-state index in [1.54, 1.807) is 16.7 Å². The molecule has 2 aromatic carbocycles. The monoisotopic (exact) mass is 305 g/mol. The Bertz CT molecular complexity index is 716. The van der Waals surface area contributed by atoms with Crippen molar-refractivity contribution in [2.45, 2.75) is 58.4 Å². The van der Waals surface area contributed by atoms with Crippen LogP contribution in [-0.2, 0) is 25.7 Å². The van der Waals surface area contributed by atoms with Crippen LogP contribution in [0.2, 0.25) is 0 Å². The van der Waals surface area contributed by atoms with Crippen LogP contribution in [0.4, 0.5) is 5.69 Å². The average molecular weight is 305 g/mol. The maximum atomic E-state index is 3.80. The second-order valence-corrected chi connectivity index (χ2v) is 7.69. The molecule has 0 radical (unpaired) electrons. The number of rotatable bonds is 2. The van der Waals surface area contributed by atoms with Crippen molar-refractivity contribution in [1.29, 1.82) is 0 Å². The van der Waals surface area contributed by atoms with E-state index in [1.807, 2.05) is 0 Å². The van der Waals surface area contributed by atoms with E-state index in [9.17, 15) is 0 Å². The van der Waals surface area contributed by atoms with Gasteiger partial charge in [0.15, 0.2) is 0 Å². The molecule has 23 heavy (non-hydrogen) atoms. The predicted molar refractivity (Wildman–Crippen MR) is 98.2 cm³/mol. The van der Waals surface area contributed by atoms with Crippen LogP contribution in [-0.4, -0.2) is 6.04 Å². The summed E-state index contributed by atoms with van der Waals surface area (Å²) in [7, 11) is 0. The van der Waals surface area contributed by atoms with Crippen molar-refractivity contribution < 1.29 is 0 Å². The van der Waals surface area contributed by atoms with Gasteiger partial charge in [-0.1, -0.05) is 36.8 Å². The third-order valence-electron chi connectivity index (χ3n) is 5.64. The van der Waals surface area contributed by atoms with Crippen LogP contribution in [0.3, 0.4) is 0 Å². The van der Waals surface area contributed by atoms with Gasteiger partial charge in [-0.3, -0.25) is 0 Å². The first-order valence-corrected chi connectivity index (χ1v) is 9.14. The van der Waals surface area contributed by atoms with Crippen molar-refractivity contribution in [2.24, 2.45) is 5.92 Å². The molecular formula is C22H27N. The highest BCUT2D eigenvalue weighted by Gasteiger charge is 2.20. The maximum absolute atomic E-state index is 3.80. The van der Waals surface area contributed by atoms with E-state index in [1.165, 1.54) is 48.9 Å². The molecule has 1 nitrogen and oxygen atoms in total. The van der Waals surface area contributed by atoms with E-state index in [0.29, 0.717) is 6.04 Å². The lowest BCUT2D eigenvalue weighted by Crippen LogP contribution is -2.27. The molecule has 0 amide bonds. The fraction of sp³-hybridized carbons (Fsp3) is 0.455. The molecule has 0 aliphatic heterocycles. The zero-order valence-electron chi connectivity index (χ0n) is 14.4. The topological polar surface area (TPSA) is 12.0 Å². The van der Waals surface area contributed by atoms with Gasteiger partial charge in [-0.25, -0.2) is 0 Å². The van der Waals surface area contributed by atoms with Gasteiger partial charge in [-0.15, -0.1) is 0 Å². The molecule has 2 unspecified atom stereocenters. The fourth-order valence-corrected chi connectivity index (χ4v) is 4.27. The first kappa shape index (κ1) is 14.8. The summed E-state index contributed by atoms with van der Waals surface area (Å²) in [5.41, 5.74) is 8.93. The molecule has 120 valence electrons. The summed E-state index contributed by atoms with van der Waals surface area (Å²) < 4.78 is 0. The third-order valence-corrected chi connectivity index (χ3v) is 5.64. The lowest BCUT2D eigenvalue weighted by Gasteiger charge is -2.28. The van der Waals surface area contributed by atoms with Crippen LogP contribution >= 0.6 is 0 Å². The van der Waals surface area contributed by atoms with Crippen LogP contribution in [0.1, 0.15) is 47.6 Å². The van der Waals surface area contributed by atoms with E-state index < -0.39 is 0 Å². The molecule has 1 heteroatoms. The third kappa shape index (κ3) is 3.15. The molecule has 0 fully saturated rings. The highest BCUT2D eigenvalue weighted by atomic mass is 14.9. The molecule has 0 aromatic heterocycles. The van der Waals surface area contributed by atoms with Crippen molar-refractivity contribution in [2.75, 3.05) is 5.32 Å². The molecule has 0 heterocycles. The molecule has 0 spiro atoms. The summed E-state index contributed by atoms with van der Waals surface area (Å²) >= 11 is 0. The minimum absolute atomic E-state index is 0.573. The van der Waals surface area contributed by atoms with E-state index in [-0.39, 0.29) is 0 Å². The Morgan fingerprint density at radius 2 is 1.65 bits per heavy atom. The normalized spacial score (nSPS) is 23.0. The van der Waals surface area contributed by atoms with Crippen LogP contribution < -0.4 is 5.32 Å². The Labute approximate surface area is 140 Å². The van der Waals surface area contributed by atoms with Crippen molar-refractivity contribution in [3.63, 3.8) is 0 Å². The molecule has 0 bridgehead atoms. The quantitative estimate of drug-likeness (QED) is 0.815. The number of benzene rings is 2. The number of anilines is 1. The van der Waals surface area contributed by atoms with Gasteiger partial charge in [0.2, 0.25) is 0 Å². The minimum Gasteiger partial charge on any atom is -0.382 e. The number of aryl methyl sites for hydroxylation is 3. The van der Waals surface area contributed by atoms with Gasteiger partial charge >= 0.3 is 0 Å². The summed E-state index contributed by atoms with van der Waals surface area (Å²) in [6.07, 6.45) is 7.45. The SMILES string of the molecule is Cc1ccc2c(c1)CCC(Nc1ccc3c(c1)CC(C)CC3)C2. The first-order chi connectivity index (χ1) is 11.2. The van der Waals surface area contributed by atoms with Crippen LogP contribution in [0, 0.1) is 12.8 Å². The highest BCUT2D eigenvalue weighted by molar-refractivity contribution is 5.51. The number of hydrogen-bond acceptors (Lipinski definition) is 1. The van der Waals surface area contributed by atoms with Crippen molar-refractivity contribution in [3.05, 3.63) is 64.2 Å².